The van der Waals surface area contributed by atoms with Gasteiger partial charge in [-0.3, -0.25) is 5.32 Å². The molecule has 3 atom stereocenters. The van der Waals surface area contributed by atoms with Crippen LogP contribution in [0.1, 0.15) is 18.5 Å². The summed E-state index contributed by atoms with van der Waals surface area (Å²) in [6.07, 6.45) is 5.69. The maximum absolute atomic E-state index is 12.6. The molecular weight excluding hydrogens is 374 g/mol. The quantitative estimate of drug-likeness (QED) is 0.709. The monoisotopic (exact) mass is 397 g/mol. The molecule has 2 aliphatic rings. The van der Waals surface area contributed by atoms with E-state index in [0.29, 0.717) is 17.9 Å². The number of hydrogen-bond acceptors (Lipinski definition) is 6. The van der Waals surface area contributed by atoms with E-state index in [9.17, 15) is 4.79 Å². The molecule has 2 unspecified atom stereocenters. The molecule has 0 bridgehead atoms. The van der Waals surface area contributed by atoms with Crippen molar-refractivity contribution in [2.24, 2.45) is 11.8 Å². The Hall–Kier alpha value is -2.68. The molecule has 2 fully saturated rings. The number of aromatic amines is 1. The molecule has 2 N–H and O–H groups in total. The molecule has 0 spiro atoms. The summed E-state index contributed by atoms with van der Waals surface area (Å²) in [6, 6.07) is 4.38. The van der Waals surface area contributed by atoms with Gasteiger partial charge < -0.3 is 14.8 Å². The average Bonchev–Trinajstić information content (AvgIpc) is 3.43. The Morgan fingerprint density at radius 3 is 2.82 bits per heavy atom. The van der Waals surface area contributed by atoms with Gasteiger partial charge in [0.05, 0.1) is 11.1 Å². The van der Waals surface area contributed by atoms with Gasteiger partial charge in [-0.05, 0) is 55.3 Å². The van der Waals surface area contributed by atoms with Crippen molar-refractivity contribution < 1.29 is 4.79 Å². The lowest BCUT2D eigenvalue weighted by Gasteiger charge is -2.28. The second-order valence-corrected chi connectivity index (χ2v) is 8.67. The zero-order valence-electron chi connectivity index (χ0n) is 15.9. The molecule has 0 aromatic carbocycles. The second kappa shape index (κ2) is 6.73. The molecule has 1 aliphatic carbocycles. The second-order valence-electron chi connectivity index (χ2n) is 7.86. The normalized spacial score (nSPS) is 23.9. The smallest absolute Gasteiger partial charge is 0.322 e. The number of likely N-dealkylation sites (tertiary alicyclic amines) is 1. The van der Waals surface area contributed by atoms with Crippen LogP contribution in [0, 0.1) is 18.8 Å². The number of anilines is 2. The Balaban J connectivity index is 1.23. The van der Waals surface area contributed by atoms with E-state index in [-0.39, 0.29) is 6.03 Å². The molecular formula is C19H23N7OS. The van der Waals surface area contributed by atoms with Crippen LogP contribution in [0.25, 0.3) is 11.0 Å². The van der Waals surface area contributed by atoms with Gasteiger partial charge in [-0.25, -0.2) is 14.8 Å². The minimum Gasteiger partial charge on any atom is -0.356 e. The van der Waals surface area contributed by atoms with E-state index in [1.807, 2.05) is 30.2 Å². The zero-order valence-corrected chi connectivity index (χ0v) is 16.7. The van der Waals surface area contributed by atoms with Crippen LogP contribution in [-0.2, 0) is 0 Å². The van der Waals surface area contributed by atoms with E-state index in [1.165, 1.54) is 11.5 Å². The molecule has 4 heterocycles. The lowest BCUT2D eigenvalue weighted by Crippen LogP contribution is -2.36. The number of nitrogens with one attached hydrogen (secondary N) is 2. The largest absolute Gasteiger partial charge is 0.356 e. The number of hydrogen-bond donors (Lipinski definition) is 2. The van der Waals surface area contributed by atoms with E-state index < -0.39 is 0 Å². The summed E-state index contributed by atoms with van der Waals surface area (Å²) in [6.45, 7) is 3.58. The predicted octanol–water partition coefficient (Wildman–Crippen LogP) is 3.10. The van der Waals surface area contributed by atoms with Crippen LogP contribution in [0.3, 0.4) is 0 Å². The summed E-state index contributed by atoms with van der Waals surface area (Å²) in [5.74, 6) is 2.07. The SMILES string of the molecule is Cc1cc(NC(=O)N2CC3CC(N(C)c4ncnc5[nH]ccc45)C[C@@H]3C2)sn1. The molecule has 146 valence electrons. The van der Waals surface area contributed by atoms with E-state index in [2.05, 4.69) is 36.6 Å². The van der Waals surface area contributed by atoms with Crippen molar-refractivity contribution in [1.82, 2.24) is 24.2 Å². The highest BCUT2D eigenvalue weighted by molar-refractivity contribution is 7.10. The molecule has 28 heavy (non-hydrogen) atoms. The Labute approximate surface area is 167 Å². The fourth-order valence-electron chi connectivity index (χ4n) is 4.67. The Kier molecular flexibility index (Phi) is 4.19. The highest BCUT2D eigenvalue weighted by atomic mass is 32.1. The fraction of sp³-hybridized carbons (Fsp3) is 0.474. The first-order valence-electron chi connectivity index (χ1n) is 9.58. The third kappa shape index (κ3) is 2.99. The summed E-state index contributed by atoms with van der Waals surface area (Å²) >= 11 is 1.33. The third-order valence-corrected chi connectivity index (χ3v) is 6.88. The standard InChI is InChI=1S/C19H23N7OS/c1-11-5-16(28-24-11)23-19(27)26-8-12-6-14(7-13(12)9-26)25(2)18-15-3-4-20-17(15)21-10-22-18/h3-5,10,12-14H,6-9H2,1-2H3,(H,23,27)(H,20,21,22)/t12-,13?,14?/m1/s1. The highest BCUT2D eigenvalue weighted by Crippen LogP contribution is 2.41. The Morgan fingerprint density at radius 1 is 1.32 bits per heavy atom. The molecule has 3 aromatic heterocycles. The molecule has 3 aromatic rings. The molecule has 9 heteroatoms. The highest BCUT2D eigenvalue weighted by Gasteiger charge is 2.44. The maximum atomic E-state index is 12.6. The number of nitrogens with zero attached hydrogens (tertiary/aromatic N) is 5. The van der Waals surface area contributed by atoms with Crippen LogP contribution in [0.5, 0.6) is 0 Å². The molecule has 5 rings (SSSR count). The van der Waals surface area contributed by atoms with Crippen LogP contribution < -0.4 is 10.2 Å². The van der Waals surface area contributed by atoms with Crippen molar-refractivity contribution in [3.63, 3.8) is 0 Å². The van der Waals surface area contributed by atoms with Gasteiger partial charge in [0.1, 0.15) is 22.8 Å². The van der Waals surface area contributed by atoms with Gasteiger partial charge in [0, 0.05) is 32.4 Å². The number of aromatic nitrogens is 4. The van der Waals surface area contributed by atoms with Gasteiger partial charge in [0.25, 0.3) is 0 Å². The van der Waals surface area contributed by atoms with E-state index in [1.54, 1.807) is 6.33 Å². The summed E-state index contributed by atoms with van der Waals surface area (Å²) in [4.78, 5) is 28.8. The minimum absolute atomic E-state index is 0.00668. The van der Waals surface area contributed by atoms with Gasteiger partial charge in [-0.2, -0.15) is 4.37 Å². The fourth-order valence-corrected chi connectivity index (χ4v) is 5.32. The number of aryl methyl sites for hydroxylation is 1. The Bertz CT molecular complexity index is 1000. The molecule has 1 saturated heterocycles. The van der Waals surface area contributed by atoms with E-state index in [0.717, 1.165) is 53.5 Å². The summed E-state index contributed by atoms with van der Waals surface area (Å²) in [5.41, 5.74) is 1.81. The molecule has 1 saturated carbocycles. The van der Waals surface area contributed by atoms with Gasteiger partial charge in [-0.15, -0.1) is 0 Å². The number of rotatable bonds is 3. The van der Waals surface area contributed by atoms with Gasteiger partial charge in [0.15, 0.2) is 0 Å². The van der Waals surface area contributed by atoms with Crippen molar-refractivity contribution >= 4 is 39.4 Å². The lowest BCUT2D eigenvalue weighted by atomic mass is 10.0. The van der Waals surface area contributed by atoms with Crippen molar-refractivity contribution in [3.8, 4) is 0 Å². The maximum Gasteiger partial charge on any atom is 0.322 e. The van der Waals surface area contributed by atoms with Crippen LogP contribution in [-0.4, -0.2) is 56.4 Å². The van der Waals surface area contributed by atoms with Crippen LogP contribution in [0.4, 0.5) is 15.6 Å². The number of fused-ring (bicyclic) bond motifs is 2. The molecule has 2 amide bonds. The minimum atomic E-state index is -0.00668. The topological polar surface area (TPSA) is 90.0 Å². The van der Waals surface area contributed by atoms with Gasteiger partial charge in [0.2, 0.25) is 0 Å². The average molecular weight is 398 g/mol. The number of carbonyl (C=O) groups is 1. The number of amides is 2. The van der Waals surface area contributed by atoms with Gasteiger partial charge in [-0.1, -0.05) is 0 Å². The molecule has 0 radical (unpaired) electrons. The Morgan fingerprint density at radius 2 is 2.11 bits per heavy atom. The molecule has 1 aliphatic heterocycles. The molecule has 8 nitrogen and oxygen atoms in total. The zero-order chi connectivity index (χ0) is 19.3. The number of carbonyl (C=O) groups excluding carboxylic acids is 1. The van der Waals surface area contributed by atoms with Crippen molar-refractivity contribution in [2.45, 2.75) is 25.8 Å². The predicted molar refractivity (Wildman–Crippen MR) is 110 cm³/mol. The first-order chi connectivity index (χ1) is 13.6. The van der Waals surface area contributed by atoms with Crippen molar-refractivity contribution in [3.05, 3.63) is 30.4 Å². The van der Waals surface area contributed by atoms with Crippen LogP contribution >= 0.6 is 11.5 Å². The number of urea groups is 1. The summed E-state index contributed by atoms with van der Waals surface area (Å²) in [7, 11) is 2.12. The van der Waals surface area contributed by atoms with Crippen LogP contribution in [0.2, 0.25) is 0 Å². The number of H-pyrrole nitrogens is 1. The first kappa shape index (κ1) is 17.4. The first-order valence-corrected chi connectivity index (χ1v) is 10.4. The van der Waals surface area contributed by atoms with Crippen molar-refractivity contribution in [2.75, 3.05) is 30.4 Å². The van der Waals surface area contributed by atoms with E-state index >= 15 is 0 Å². The lowest BCUT2D eigenvalue weighted by molar-refractivity contribution is 0.218. The van der Waals surface area contributed by atoms with E-state index in [4.69, 9.17) is 0 Å². The third-order valence-electron chi connectivity index (χ3n) is 6.09. The summed E-state index contributed by atoms with van der Waals surface area (Å²) < 4.78 is 4.22. The van der Waals surface area contributed by atoms with Gasteiger partial charge >= 0.3 is 6.03 Å². The van der Waals surface area contributed by atoms with Crippen LogP contribution in [0.15, 0.2) is 24.7 Å². The summed E-state index contributed by atoms with van der Waals surface area (Å²) in [5, 5.41) is 4.86. The van der Waals surface area contributed by atoms with Crippen molar-refractivity contribution in [1.29, 1.82) is 0 Å².